The number of nitrogens with zero attached hydrogens (tertiary/aromatic N) is 3. The minimum atomic E-state index is -3.38. The molecule has 1 aromatic rings. The number of anilines is 1. The summed E-state index contributed by atoms with van der Waals surface area (Å²) in [5.41, 5.74) is 5.97. The maximum atomic E-state index is 11.9. The van der Waals surface area contributed by atoms with Gasteiger partial charge in [-0.1, -0.05) is 11.6 Å². The van der Waals surface area contributed by atoms with Crippen LogP contribution in [0.15, 0.2) is 11.0 Å². The lowest BCUT2D eigenvalue weighted by Gasteiger charge is -2.20. The number of nitrogens with two attached hydrogens (primary N) is 1. The molecule has 8 heteroatoms. The molecule has 2 fully saturated rings. The third kappa shape index (κ3) is 2.49. The molecule has 2 N–H and O–H groups in total. The minimum absolute atomic E-state index is 0.0931. The van der Waals surface area contributed by atoms with E-state index in [1.165, 1.54) is 6.07 Å². The van der Waals surface area contributed by atoms with Gasteiger partial charge < -0.3 is 10.6 Å². The average Bonchev–Trinajstić information content (AvgIpc) is 2.84. The number of sulfone groups is 1. The number of halogens is 1. The molecule has 0 spiro atoms. The highest BCUT2D eigenvalue weighted by Crippen LogP contribution is 2.40. The van der Waals surface area contributed by atoms with Crippen LogP contribution in [-0.2, 0) is 9.84 Å². The van der Waals surface area contributed by atoms with Crippen molar-refractivity contribution in [3.63, 3.8) is 0 Å². The predicted molar refractivity (Wildman–Crippen MR) is 76.6 cm³/mol. The van der Waals surface area contributed by atoms with E-state index in [1.807, 2.05) is 4.90 Å². The molecule has 3 rings (SSSR count). The Morgan fingerprint density at radius 2 is 1.90 bits per heavy atom. The molecule has 0 amide bonds. The van der Waals surface area contributed by atoms with Gasteiger partial charge in [0, 0.05) is 25.4 Å². The van der Waals surface area contributed by atoms with Crippen LogP contribution >= 0.6 is 11.6 Å². The Bertz CT molecular complexity index is 622. The first-order chi connectivity index (χ1) is 9.34. The van der Waals surface area contributed by atoms with E-state index in [-0.39, 0.29) is 16.1 Å². The second kappa shape index (κ2) is 4.82. The monoisotopic (exact) mass is 316 g/mol. The van der Waals surface area contributed by atoms with Crippen LogP contribution in [0.3, 0.4) is 0 Å². The molecule has 2 heterocycles. The molecule has 1 aliphatic carbocycles. The fourth-order valence-corrected chi connectivity index (χ4v) is 4.40. The second-order valence-electron chi connectivity index (χ2n) is 5.78. The lowest BCUT2D eigenvalue weighted by molar-refractivity contribution is 0.494. The summed E-state index contributed by atoms with van der Waals surface area (Å²) in [6.45, 7) is 1.58. The summed E-state index contributed by atoms with van der Waals surface area (Å²) in [6, 6.07) is 1.65. The minimum Gasteiger partial charge on any atom is -0.353 e. The molecule has 2 atom stereocenters. The zero-order valence-corrected chi connectivity index (χ0v) is 12.7. The maximum absolute atomic E-state index is 11.9. The van der Waals surface area contributed by atoms with E-state index in [1.54, 1.807) is 0 Å². The van der Waals surface area contributed by atoms with Crippen molar-refractivity contribution in [2.75, 3.05) is 24.2 Å². The number of rotatable bonds is 2. The predicted octanol–water partition coefficient (Wildman–Crippen LogP) is 0.707. The molecule has 0 aromatic carbocycles. The van der Waals surface area contributed by atoms with Crippen LogP contribution in [0, 0.1) is 11.8 Å². The van der Waals surface area contributed by atoms with E-state index in [0.717, 1.165) is 32.2 Å². The Morgan fingerprint density at radius 1 is 1.30 bits per heavy atom. The molecular formula is C12H17ClN4O2S. The van der Waals surface area contributed by atoms with Gasteiger partial charge in [-0.2, -0.15) is 0 Å². The average molecular weight is 317 g/mol. The van der Waals surface area contributed by atoms with Crippen molar-refractivity contribution in [3.8, 4) is 0 Å². The highest BCUT2D eigenvalue weighted by Gasteiger charge is 2.41. The van der Waals surface area contributed by atoms with Crippen molar-refractivity contribution in [3.05, 3.63) is 11.2 Å². The van der Waals surface area contributed by atoms with Crippen LogP contribution < -0.4 is 10.6 Å². The Hall–Kier alpha value is -0.920. The molecule has 20 heavy (non-hydrogen) atoms. The third-order valence-electron chi connectivity index (χ3n) is 4.20. The van der Waals surface area contributed by atoms with Gasteiger partial charge in [0.1, 0.15) is 4.90 Å². The standard InChI is InChI=1S/C12H17ClN4O2S/c1-20(18,19)10-4-11(13)15-16-12(10)17-5-7-2-9(14)3-8(7)6-17/h4,7-9H,2-3,5-6,14H2,1H3. The maximum Gasteiger partial charge on any atom is 0.179 e. The van der Waals surface area contributed by atoms with Gasteiger partial charge in [-0.25, -0.2) is 8.42 Å². The fourth-order valence-electron chi connectivity index (χ4n) is 3.36. The zero-order valence-electron chi connectivity index (χ0n) is 11.2. The van der Waals surface area contributed by atoms with Crippen molar-refractivity contribution >= 4 is 27.3 Å². The largest absolute Gasteiger partial charge is 0.353 e. The Balaban J connectivity index is 1.93. The van der Waals surface area contributed by atoms with E-state index >= 15 is 0 Å². The summed E-state index contributed by atoms with van der Waals surface area (Å²) in [5.74, 6) is 1.46. The van der Waals surface area contributed by atoms with E-state index in [9.17, 15) is 8.42 Å². The molecule has 2 aliphatic rings. The molecule has 1 saturated carbocycles. The van der Waals surface area contributed by atoms with E-state index in [2.05, 4.69) is 10.2 Å². The highest BCUT2D eigenvalue weighted by atomic mass is 35.5. The van der Waals surface area contributed by atoms with E-state index in [4.69, 9.17) is 17.3 Å². The molecule has 1 aliphatic heterocycles. The molecule has 110 valence electrons. The van der Waals surface area contributed by atoms with Crippen LogP contribution in [0.2, 0.25) is 5.15 Å². The molecule has 1 aromatic heterocycles. The summed E-state index contributed by atoms with van der Waals surface area (Å²) in [7, 11) is -3.38. The molecule has 2 unspecified atom stereocenters. The van der Waals surface area contributed by atoms with Crippen LogP contribution in [0.4, 0.5) is 5.82 Å². The summed E-state index contributed by atoms with van der Waals surface area (Å²) in [5, 5.41) is 7.89. The van der Waals surface area contributed by atoms with Crippen molar-refractivity contribution < 1.29 is 8.42 Å². The number of aromatic nitrogens is 2. The molecule has 1 saturated heterocycles. The summed E-state index contributed by atoms with van der Waals surface area (Å²) >= 11 is 5.77. The Labute approximate surface area is 123 Å². The van der Waals surface area contributed by atoms with Crippen molar-refractivity contribution in [1.29, 1.82) is 0 Å². The topological polar surface area (TPSA) is 89.2 Å². The lowest BCUT2D eigenvalue weighted by Crippen LogP contribution is -2.27. The van der Waals surface area contributed by atoms with Crippen LogP contribution in [0.1, 0.15) is 12.8 Å². The van der Waals surface area contributed by atoms with Crippen molar-refractivity contribution in [2.45, 2.75) is 23.8 Å². The van der Waals surface area contributed by atoms with Gasteiger partial charge in [0.2, 0.25) is 0 Å². The highest BCUT2D eigenvalue weighted by molar-refractivity contribution is 7.90. The van der Waals surface area contributed by atoms with Gasteiger partial charge in [0.15, 0.2) is 20.8 Å². The molecule has 0 radical (unpaired) electrons. The molecular weight excluding hydrogens is 300 g/mol. The number of hydrogen-bond acceptors (Lipinski definition) is 6. The zero-order chi connectivity index (χ0) is 14.5. The number of fused-ring (bicyclic) bond motifs is 1. The third-order valence-corrected chi connectivity index (χ3v) is 5.48. The van der Waals surface area contributed by atoms with Gasteiger partial charge in [0.25, 0.3) is 0 Å². The first-order valence-corrected chi connectivity index (χ1v) is 8.85. The second-order valence-corrected chi connectivity index (χ2v) is 8.16. The smallest absolute Gasteiger partial charge is 0.179 e. The van der Waals surface area contributed by atoms with Crippen molar-refractivity contribution in [1.82, 2.24) is 10.2 Å². The molecule has 6 nitrogen and oxygen atoms in total. The SMILES string of the molecule is CS(=O)(=O)c1cc(Cl)nnc1N1CC2CC(N)CC2C1. The van der Waals surface area contributed by atoms with Gasteiger partial charge in [-0.05, 0) is 30.7 Å². The first-order valence-electron chi connectivity index (χ1n) is 6.58. The van der Waals surface area contributed by atoms with E-state index in [0.29, 0.717) is 17.7 Å². The summed E-state index contributed by atoms with van der Waals surface area (Å²) < 4.78 is 23.8. The van der Waals surface area contributed by atoms with Crippen LogP contribution in [0.5, 0.6) is 0 Å². The lowest BCUT2D eigenvalue weighted by atomic mass is 10.0. The quantitative estimate of drug-likeness (QED) is 0.864. The van der Waals surface area contributed by atoms with Gasteiger partial charge >= 0.3 is 0 Å². The number of hydrogen-bond donors (Lipinski definition) is 1. The Kier molecular flexibility index (Phi) is 3.38. The first kappa shape index (κ1) is 14.0. The van der Waals surface area contributed by atoms with Crippen molar-refractivity contribution in [2.24, 2.45) is 17.6 Å². The van der Waals surface area contributed by atoms with Crippen LogP contribution in [-0.4, -0.2) is 44.0 Å². The van der Waals surface area contributed by atoms with Gasteiger partial charge in [-0.3, -0.25) is 0 Å². The molecule has 0 bridgehead atoms. The van der Waals surface area contributed by atoms with Crippen LogP contribution in [0.25, 0.3) is 0 Å². The summed E-state index contributed by atoms with van der Waals surface area (Å²) in [4.78, 5) is 2.16. The van der Waals surface area contributed by atoms with Gasteiger partial charge in [-0.15, -0.1) is 10.2 Å². The van der Waals surface area contributed by atoms with E-state index < -0.39 is 9.84 Å². The Morgan fingerprint density at radius 3 is 2.45 bits per heavy atom. The normalized spacial score (nSPS) is 29.8. The summed E-state index contributed by atoms with van der Waals surface area (Å²) in [6.07, 6.45) is 3.16. The van der Waals surface area contributed by atoms with Gasteiger partial charge in [0.05, 0.1) is 0 Å². The fraction of sp³-hybridized carbons (Fsp3) is 0.667.